The van der Waals surface area contributed by atoms with Gasteiger partial charge in [-0.15, -0.1) is 11.8 Å². The van der Waals surface area contributed by atoms with Crippen molar-refractivity contribution in [2.45, 2.75) is 24.8 Å². The fourth-order valence-corrected chi connectivity index (χ4v) is 4.44. The largest absolute Gasteiger partial charge is 0.332 e. The molecule has 4 rings (SSSR count). The first-order valence-corrected chi connectivity index (χ1v) is 9.38. The van der Waals surface area contributed by atoms with E-state index in [9.17, 15) is 18.4 Å². The average molecular weight is 386 g/mol. The van der Waals surface area contributed by atoms with E-state index in [0.717, 1.165) is 28.7 Å². The Morgan fingerprint density at radius 1 is 1.11 bits per heavy atom. The van der Waals surface area contributed by atoms with Crippen LogP contribution in [0.3, 0.4) is 0 Å². The van der Waals surface area contributed by atoms with Crippen molar-refractivity contribution < 1.29 is 18.4 Å². The van der Waals surface area contributed by atoms with E-state index in [2.05, 4.69) is 0 Å². The molecule has 7 heteroatoms. The molecule has 1 fully saturated rings. The van der Waals surface area contributed by atoms with Crippen LogP contribution in [0.1, 0.15) is 11.1 Å². The van der Waals surface area contributed by atoms with Gasteiger partial charge in [0.25, 0.3) is 5.91 Å². The van der Waals surface area contributed by atoms with Gasteiger partial charge in [-0.2, -0.15) is 0 Å². The predicted molar refractivity (Wildman–Crippen MR) is 100 cm³/mol. The molecule has 0 bridgehead atoms. The summed E-state index contributed by atoms with van der Waals surface area (Å²) in [6, 6.07) is 9.24. The highest BCUT2D eigenvalue weighted by molar-refractivity contribution is 8.03. The van der Waals surface area contributed by atoms with Crippen LogP contribution in [0, 0.1) is 18.6 Å². The number of carbonyl (C=O) groups is 2. The molecule has 0 aromatic heterocycles. The van der Waals surface area contributed by atoms with Crippen LogP contribution in [0.4, 0.5) is 19.3 Å². The molecule has 0 spiro atoms. The number of benzene rings is 2. The lowest BCUT2D eigenvalue weighted by atomic mass is 10.0. The van der Waals surface area contributed by atoms with Gasteiger partial charge in [0.2, 0.25) is 0 Å². The molecule has 2 atom stereocenters. The number of para-hydroxylation sites is 1. The summed E-state index contributed by atoms with van der Waals surface area (Å²) < 4.78 is 27.7. The molecule has 3 amide bonds. The van der Waals surface area contributed by atoms with Crippen molar-refractivity contribution in [3.63, 3.8) is 0 Å². The maximum Gasteiger partial charge on any atom is 0.332 e. The lowest BCUT2D eigenvalue weighted by Gasteiger charge is -2.41. The summed E-state index contributed by atoms with van der Waals surface area (Å²) in [6.07, 6.45) is 1.76. The average Bonchev–Trinajstić information content (AvgIpc) is 3.13. The number of anilines is 1. The van der Waals surface area contributed by atoms with Crippen molar-refractivity contribution in [3.8, 4) is 0 Å². The van der Waals surface area contributed by atoms with Crippen LogP contribution < -0.4 is 4.90 Å². The molecule has 0 aliphatic carbocycles. The van der Waals surface area contributed by atoms with Crippen molar-refractivity contribution >= 4 is 29.4 Å². The minimum Gasteiger partial charge on any atom is -0.311 e. The number of thioether (sulfide) groups is 1. The summed E-state index contributed by atoms with van der Waals surface area (Å²) in [5.41, 5.74) is 1.36. The topological polar surface area (TPSA) is 40.6 Å². The third-order valence-corrected chi connectivity index (χ3v) is 5.86. The summed E-state index contributed by atoms with van der Waals surface area (Å²) in [4.78, 5) is 28.7. The molecule has 2 aliphatic rings. The van der Waals surface area contributed by atoms with Crippen molar-refractivity contribution in [3.05, 3.63) is 76.7 Å². The Labute approximate surface area is 159 Å². The molecule has 2 aliphatic heterocycles. The quantitative estimate of drug-likeness (QED) is 0.792. The summed E-state index contributed by atoms with van der Waals surface area (Å²) in [7, 11) is 0. The van der Waals surface area contributed by atoms with Gasteiger partial charge < -0.3 is 4.90 Å². The van der Waals surface area contributed by atoms with Crippen LogP contribution in [0.15, 0.2) is 53.9 Å². The summed E-state index contributed by atoms with van der Waals surface area (Å²) >= 11 is 1.33. The van der Waals surface area contributed by atoms with Crippen LogP contribution in [-0.2, 0) is 11.3 Å². The minimum absolute atomic E-state index is 0.0754. The lowest BCUT2D eigenvalue weighted by molar-refractivity contribution is -0.119. The monoisotopic (exact) mass is 386 g/mol. The number of hydrogen-bond acceptors (Lipinski definition) is 3. The number of aryl methyl sites for hydroxylation is 1. The SMILES string of the molecule is Cc1ccccc1N1C(=O)C2SC=CC2N(Cc2cc(F)ccc2F)C1=O. The van der Waals surface area contributed by atoms with Gasteiger partial charge >= 0.3 is 6.03 Å². The van der Waals surface area contributed by atoms with Gasteiger partial charge in [-0.3, -0.25) is 4.79 Å². The lowest BCUT2D eigenvalue weighted by Crippen LogP contribution is -2.61. The normalized spacial score (nSPS) is 21.7. The molecule has 0 saturated carbocycles. The van der Waals surface area contributed by atoms with Crippen LogP contribution in [-0.4, -0.2) is 28.1 Å². The van der Waals surface area contributed by atoms with Crippen LogP contribution >= 0.6 is 11.8 Å². The number of halogens is 2. The second-order valence-corrected chi connectivity index (χ2v) is 7.53. The Balaban J connectivity index is 1.75. The van der Waals surface area contributed by atoms with E-state index < -0.39 is 29.0 Å². The zero-order chi connectivity index (χ0) is 19.1. The highest BCUT2D eigenvalue weighted by Crippen LogP contribution is 2.38. The number of carbonyl (C=O) groups excluding carboxylic acids is 2. The number of imide groups is 1. The van der Waals surface area contributed by atoms with Gasteiger partial charge in [0.1, 0.15) is 16.9 Å². The van der Waals surface area contributed by atoms with Crippen LogP contribution in [0.2, 0.25) is 0 Å². The van der Waals surface area contributed by atoms with Gasteiger partial charge in [-0.05, 0) is 42.2 Å². The first-order chi connectivity index (χ1) is 13.0. The fraction of sp³-hybridized carbons (Fsp3) is 0.200. The molecule has 2 aromatic rings. The number of nitrogens with zero attached hydrogens (tertiary/aromatic N) is 2. The maximum atomic E-state index is 14.1. The van der Waals surface area contributed by atoms with Gasteiger partial charge in [-0.25, -0.2) is 18.5 Å². The number of amides is 3. The second-order valence-electron chi connectivity index (χ2n) is 6.48. The van der Waals surface area contributed by atoms with E-state index in [1.54, 1.807) is 23.6 Å². The summed E-state index contributed by atoms with van der Waals surface area (Å²) in [5, 5.41) is 1.27. The Bertz CT molecular complexity index is 963. The van der Waals surface area contributed by atoms with Crippen molar-refractivity contribution in [1.82, 2.24) is 4.90 Å². The molecule has 27 heavy (non-hydrogen) atoms. The molecule has 2 unspecified atom stereocenters. The van der Waals surface area contributed by atoms with Crippen molar-refractivity contribution in [1.29, 1.82) is 0 Å². The zero-order valence-corrected chi connectivity index (χ0v) is 15.2. The van der Waals surface area contributed by atoms with Crippen LogP contribution in [0.5, 0.6) is 0 Å². The van der Waals surface area contributed by atoms with E-state index in [4.69, 9.17) is 0 Å². The Morgan fingerprint density at radius 2 is 1.89 bits per heavy atom. The van der Waals surface area contributed by atoms with E-state index >= 15 is 0 Å². The van der Waals surface area contributed by atoms with Crippen molar-refractivity contribution in [2.75, 3.05) is 4.90 Å². The standard InChI is InChI=1S/C20H16F2N2O2S/c1-12-4-2-3-5-16(12)24-19(25)18-17(8-9-27-18)23(20(24)26)11-13-10-14(21)6-7-15(13)22/h2-10,17-18H,11H2,1H3. The molecule has 0 N–H and O–H groups in total. The Hall–Kier alpha value is -2.67. The highest BCUT2D eigenvalue weighted by Gasteiger charge is 2.48. The van der Waals surface area contributed by atoms with Gasteiger partial charge in [0.05, 0.1) is 18.3 Å². The second kappa shape index (κ2) is 6.81. The molecular weight excluding hydrogens is 370 g/mol. The first kappa shape index (κ1) is 17.7. The Kier molecular flexibility index (Phi) is 4.47. The number of rotatable bonds is 3. The van der Waals surface area contributed by atoms with Gasteiger partial charge in [0, 0.05) is 5.56 Å². The number of fused-ring (bicyclic) bond motifs is 1. The van der Waals surface area contributed by atoms with Crippen molar-refractivity contribution in [2.24, 2.45) is 0 Å². The fourth-order valence-electron chi connectivity index (χ4n) is 3.40. The number of urea groups is 1. The van der Waals surface area contributed by atoms with E-state index in [-0.39, 0.29) is 18.0 Å². The smallest absolute Gasteiger partial charge is 0.311 e. The molecule has 2 aromatic carbocycles. The van der Waals surface area contributed by atoms with Crippen LogP contribution in [0.25, 0.3) is 0 Å². The predicted octanol–water partition coefficient (Wildman–Crippen LogP) is 4.24. The molecule has 2 heterocycles. The maximum absolute atomic E-state index is 14.1. The third kappa shape index (κ3) is 3.02. The molecule has 4 nitrogen and oxygen atoms in total. The van der Waals surface area contributed by atoms with Gasteiger partial charge in [-0.1, -0.05) is 24.3 Å². The first-order valence-electron chi connectivity index (χ1n) is 8.43. The molecular formula is C20H16F2N2O2S. The molecule has 1 saturated heterocycles. The highest BCUT2D eigenvalue weighted by atomic mass is 32.2. The van der Waals surface area contributed by atoms with E-state index in [1.807, 2.05) is 19.1 Å². The zero-order valence-electron chi connectivity index (χ0n) is 14.4. The third-order valence-electron chi connectivity index (χ3n) is 4.78. The summed E-state index contributed by atoms with van der Waals surface area (Å²) in [6.45, 7) is 1.70. The van der Waals surface area contributed by atoms with E-state index in [1.165, 1.54) is 16.7 Å². The summed E-state index contributed by atoms with van der Waals surface area (Å²) in [5.74, 6) is -1.46. The molecule has 0 radical (unpaired) electrons. The van der Waals surface area contributed by atoms with E-state index in [0.29, 0.717) is 5.69 Å². The molecule has 138 valence electrons. The number of hydrogen-bond donors (Lipinski definition) is 0. The van der Waals surface area contributed by atoms with Gasteiger partial charge in [0.15, 0.2) is 0 Å². The minimum atomic E-state index is -0.588. The Morgan fingerprint density at radius 3 is 2.67 bits per heavy atom.